The molecule has 0 aliphatic rings. The molecule has 0 spiro atoms. The van der Waals surface area contributed by atoms with Gasteiger partial charge in [-0.3, -0.25) is 4.79 Å². The Morgan fingerprint density at radius 1 is 0.938 bits per heavy atom. The molecule has 166 valence electrons. The van der Waals surface area contributed by atoms with Crippen molar-refractivity contribution in [3.63, 3.8) is 0 Å². The average Bonchev–Trinajstić information content (AvgIpc) is 2.78. The molecular formula is C23H22N2O6S. The van der Waals surface area contributed by atoms with Crippen LogP contribution in [0.25, 0.3) is 0 Å². The first-order valence-corrected chi connectivity index (χ1v) is 11.2. The number of sulfonamides is 1. The quantitative estimate of drug-likeness (QED) is 0.504. The van der Waals surface area contributed by atoms with Crippen LogP contribution in [0.5, 0.6) is 5.75 Å². The Balaban J connectivity index is 1.62. The summed E-state index contributed by atoms with van der Waals surface area (Å²) in [5.41, 5.74) is 1.47. The molecule has 0 radical (unpaired) electrons. The number of rotatable bonds is 8. The summed E-state index contributed by atoms with van der Waals surface area (Å²) in [5, 5.41) is 7.61. The van der Waals surface area contributed by atoms with Crippen LogP contribution in [0.15, 0.2) is 83.8 Å². The molecule has 0 fully saturated rings. The maximum atomic E-state index is 12.6. The van der Waals surface area contributed by atoms with Crippen LogP contribution in [0.4, 0.5) is 5.69 Å². The Kier molecular flexibility index (Phi) is 7.24. The second kappa shape index (κ2) is 10.1. The van der Waals surface area contributed by atoms with Crippen molar-refractivity contribution in [1.82, 2.24) is 0 Å². The first-order chi connectivity index (χ1) is 15.2. The maximum absolute atomic E-state index is 12.6. The van der Waals surface area contributed by atoms with E-state index in [1.807, 2.05) is 30.3 Å². The minimum Gasteiger partial charge on any atom is -0.488 e. The standard InChI is InChI=1S/C23H22N2O6S/c1-16(22(26)25-18-11-13-19(14-12-18)32(24,28)29)31-23(27)20-9-5-6-10-21(20)30-15-17-7-3-2-4-8-17/h2-14,16H,15H2,1H3,(H,25,26)(H2,24,28,29). The molecule has 0 bridgehead atoms. The molecule has 3 aromatic carbocycles. The van der Waals surface area contributed by atoms with E-state index in [9.17, 15) is 18.0 Å². The van der Waals surface area contributed by atoms with Crippen molar-refractivity contribution in [2.24, 2.45) is 5.14 Å². The highest BCUT2D eigenvalue weighted by Crippen LogP contribution is 2.21. The van der Waals surface area contributed by atoms with E-state index in [0.717, 1.165) is 5.56 Å². The van der Waals surface area contributed by atoms with E-state index in [2.05, 4.69) is 5.32 Å². The van der Waals surface area contributed by atoms with Gasteiger partial charge in [0.2, 0.25) is 10.0 Å². The fraction of sp³-hybridized carbons (Fsp3) is 0.130. The van der Waals surface area contributed by atoms with Gasteiger partial charge in [-0.2, -0.15) is 0 Å². The van der Waals surface area contributed by atoms with Crippen LogP contribution in [0, 0.1) is 0 Å². The van der Waals surface area contributed by atoms with E-state index in [0.29, 0.717) is 11.4 Å². The van der Waals surface area contributed by atoms with E-state index < -0.39 is 28.0 Å². The number of anilines is 1. The summed E-state index contributed by atoms with van der Waals surface area (Å²) < 4.78 is 33.7. The average molecular weight is 455 g/mol. The van der Waals surface area contributed by atoms with E-state index in [1.54, 1.807) is 24.3 Å². The summed E-state index contributed by atoms with van der Waals surface area (Å²) >= 11 is 0. The molecule has 0 saturated carbocycles. The number of hydrogen-bond acceptors (Lipinski definition) is 6. The molecule has 1 unspecified atom stereocenters. The molecule has 9 heteroatoms. The topological polar surface area (TPSA) is 125 Å². The van der Waals surface area contributed by atoms with Gasteiger partial charge in [-0.25, -0.2) is 18.4 Å². The molecule has 1 atom stereocenters. The van der Waals surface area contributed by atoms with Crippen LogP contribution in [-0.2, 0) is 26.2 Å². The number of amides is 1. The number of para-hydroxylation sites is 1. The molecular weight excluding hydrogens is 432 g/mol. The van der Waals surface area contributed by atoms with Crippen molar-refractivity contribution >= 4 is 27.6 Å². The fourth-order valence-corrected chi connectivity index (χ4v) is 3.26. The number of esters is 1. The molecule has 0 heterocycles. The van der Waals surface area contributed by atoms with Crippen molar-refractivity contribution in [3.8, 4) is 5.75 Å². The SMILES string of the molecule is CC(OC(=O)c1ccccc1OCc1ccccc1)C(=O)Nc1ccc(S(N)(=O)=O)cc1. The summed E-state index contributed by atoms with van der Waals surface area (Å²) in [6.45, 7) is 1.70. The molecule has 0 saturated heterocycles. The van der Waals surface area contributed by atoms with Gasteiger partial charge in [0.1, 0.15) is 17.9 Å². The molecule has 3 rings (SSSR count). The number of hydrogen-bond donors (Lipinski definition) is 2. The summed E-state index contributed by atoms with van der Waals surface area (Å²) in [7, 11) is -3.83. The van der Waals surface area contributed by atoms with Gasteiger partial charge < -0.3 is 14.8 Å². The number of nitrogens with two attached hydrogens (primary N) is 1. The lowest BCUT2D eigenvalue weighted by molar-refractivity contribution is -0.123. The van der Waals surface area contributed by atoms with Gasteiger partial charge in [-0.1, -0.05) is 42.5 Å². The number of benzene rings is 3. The third-order valence-corrected chi connectivity index (χ3v) is 5.38. The lowest BCUT2D eigenvalue weighted by Gasteiger charge is -2.15. The monoisotopic (exact) mass is 454 g/mol. The molecule has 0 aromatic heterocycles. The van der Waals surface area contributed by atoms with Crippen molar-refractivity contribution < 1.29 is 27.5 Å². The predicted octanol–water partition coefficient (Wildman–Crippen LogP) is 3.10. The Morgan fingerprint density at radius 2 is 1.56 bits per heavy atom. The number of nitrogens with one attached hydrogen (secondary N) is 1. The van der Waals surface area contributed by atoms with Gasteiger partial charge in [0.05, 0.1) is 4.90 Å². The van der Waals surface area contributed by atoms with Crippen LogP contribution in [0.3, 0.4) is 0 Å². The van der Waals surface area contributed by atoms with Crippen LogP contribution in [0.1, 0.15) is 22.8 Å². The second-order valence-electron chi connectivity index (χ2n) is 6.88. The highest BCUT2D eigenvalue weighted by molar-refractivity contribution is 7.89. The minimum absolute atomic E-state index is 0.0814. The maximum Gasteiger partial charge on any atom is 0.342 e. The van der Waals surface area contributed by atoms with E-state index in [4.69, 9.17) is 14.6 Å². The lowest BCUT2D eigenvalue weighted by atomic mass is 10.2. The largest absolute Gasteiger partial charge is 0.488 e. The van der Waals surface area contributed by atoms with E-state index in [-0.39, 0.29) is 17.1 Å². The predicted molar refractivity (Wildman–Crippen MR) is 119 cm³/mol. The van der Waals surface area contributed by atoms with Crippen molar-refractivity contribution in [3.05, 3.63) is 90.0 Å². The zero-order valence-corrected chi connectivity index (χ0v) is 18.0. The fourth-order valence-electron chi connectivity index (χ4n) is 2.75. The lowest BCUT2D eigenvalue weighted by Crippen LogP contribution is -2.30. The van der Waals surface area contributed by atoms with Crippen LogP contribution in [-0.4, -0.2) is 26.4 Å². The number of carbonyl (C=O) groups is 2. The summed E-state index contributed by atoms with van der Waals surface area (Å²) in [5.74, 6) is -0.946. The van der Waals surface area contributed by atoms with Crippen LogP contribution < -0.4 is 15.2 Å². The Hall–Kier alpha value is -3.69. The highest BCUT2D eigenvalue weighted by atomic mass is 32.2. The van der Waals surface area contributed by atoms with Gasteiger partial charge in [0, 0.05) is 5.69 Å². The smallest absolute Gasteiger partial charge is 0.342 e. The van der Waals surface area contributed by atoms with Crippen molar-refractivity contribution in [2.45, 2.75) is 24.5 Å². The van der Waals surface area contributed by atoms with Gasteiger partial charge in [-0.05, 0) is 48.9 Å². The zero-order valence-electron chi connectivity index (χ0n) is 17.2. The van der Waals surface area contributed by atoms with Crippen molar-refractivity contribution in [2.75, 3.05) is 5.32 Å². The summed E-state index contributed by atoms with van der Waals surface area (Å²) in [6.07, 6.45) is -1.11. The van der Waals surface area contributed by atoms with Crippen molar-refractivity contribution in [1.29, 1.82) is 0 Å². The molecule has 32 heavy (non-hydrogen) atoms. The van der Waals surface area contributed by atoms with E-state index >= 15 is 0 Å². The van der Waals surface area contributed by atoms with Gasteiger partial charge >= 0.3 is 5.97 Å². The second-order valence-corrected chi connectivity index (χ2v) is 8.44. The summed E-state index contributed by atoms with van der Waals surface area (Å²) in [4.78, 5) is 24.9. The molecule has 0 aliphatic carbocycles. The number of primary sulfonamides is 1. The molecule has 1 amide bonds. The molecule has 8 nitrogen and oxygen atoms in total. The number of carbonyl (C=O) groups excluding carboxylic acids is 2. The van der Waals surface area contributed by atoms with Gasteiger partial charge in [-0.15, -0.1) is 0 Å². The zero-order chi connectivity index (χ0) is 23.1. The Bertz CT molecular complexity index is 1190. The van der Waals surface area contributed by atoms with Crippen LogP contribution in [0.2, 0.25) is 0 Å². The van der Waals surface area contributed by atoms with Gasteiger partial charge in [0.15, 0.2) is 6.10 Å². The minimum atomic E-state index is -3.83. The third-order valence-electron chi connectivity index (χ3n) is 4.45. The Labute approximate surface area is 186 Å². The van der Waals surface area contributed by atoms with Crippen LogP contribution >= 0.6 is 0 Å². The molecule has 0 aliphatic heterocycles. The third kappa shape index (κ3) is 6.16. The molecule has 3 N–H and O–H groups in total. The van der Waals surface area contributed by atoms with Gasteiger partial charge in [0.25, 0.3) is 5.91 Å². The first kappa shape index (κ1) is 23.0. The summed E-state index contributed by atoms with van der Waals surface area (Å²) in [6, 6.07) is 21.4. The van der Waals surface area contributed by atoms with E-state index in [1.165, 1.54) is 31.2 Å². The normalized spacial score (nSPS) is 11.9. The highest BCUT2D eigenvalue weighted by Gasteiger charge is 2.21. The Morgan fingerprint density at radius 3 is 2.22 bits per heavy atom. The first-order valence-electron chi connectivity index (χ1n) is 9.64. The number of ether oxygens (including phenoxy) is 2. The molecule has 3 aromatic rings.